The van der Waals surface area contributed by atoms with Crippen LogP contribution in [0.25, 0.3) is 0 Å². The average molecular weight is 340 g/mol. The summed E-state index contributed by atoms with van der Waals surface area (Å²) in [7, 11) is -3.45. The van der Waals surface area contributed by atoms with Crippen LogP contribution in [-0.2, 0) is 14.8 Å². The topological polar surface area (TPSA) is 75.7 Å². The van der Waals surface area contributed by atoms with Gasteiger partial charge in [-0.3, -0.25) is 0 Å². The zero-order valence-electron chi connectivity index (χ0n) is 13.8. The molecule has 1 heterocycles. The van der Waals surface area contributed by atoms with Crippen molar-refractivity contribution >= 4 is 16.1 Å². The Morgan fingerprint density at radius 1 is 1.30 bits per heavy atom. The van der Waals surface area contributed by atoms with Gasteiger partial charge in [-0.05, 0) is 45.2 Å². The first-order valence-electron chi connectivity index (χ1n) is 7.70. The molecule has 1 N–H and O–H groups in total. The zero-order chi connectivity index (χ0) is 17.1. The number of nitrogens with zero attached hydrogens (tertiary/aromatic N) is 1. The third kappa shape index (κ3) is 4.94. The Hall–Kier alpha value is -1.60. The predicted octanol–water partition coefficient (Wildman–Crippen LogP) is 2.22. The second-order valence-corrected chi connectivity index (χ2v) is 8.65. The van der Waals surface area contributed by atoms with Gasteiger partial charge in [-0.25, -0.2) is 13.2 Å². The first kappa shape index (κ1) is 17.7. The van der Waals surface area contributed by atoms with Gasteiger partial charge in [-0.15, -0.1) is 0 Å². The number of nitrogens with one attached hydrogen (secondary N) is 1. The second-order valence-electron chi connectivity index (χ2n) is 6.71. The maximum atomic E-state index is 12.5. The number of ether oxygens (including phenoxy) is 1. The Labute approximate surface area is 137 Å². The number of sulfonamides is 1. The van der Waals surface area contributed by atoms with Crippen molar-refractivity contribution in [2.75, 3.05) is 19.6 Å². The Morgan fingerprint density at radius 2 is 1.96 bits per heavy atom. The lowest BCUT2D eigenvalue weighted by molar-refractivity contribution is 0.0520. The van der Waals surface area contributed by atoms with E-state index in [0.717, 1.165) is 6.42 Å². The Morgan fingerprint density at radius 3 is 2.57 bits per heavy atom. The van der Waals surface area contributed by atoms with Gasteiger partial charge >= 0.3 is 6.09 Å². The Kier molecular flexibility index (Phi) is 5.31. The van der Waals surface area contributed by atoms with E-state index >= 15 is 0 Å². The summed E-state index contributed by atoms with van der Waals surface area (Å²) in [6.07, 6.45) is 0.254. The minimum absolute atomic E-state index is 0.0982. The van der Waals surface area contributed by atoms with Crippen LogP contribution in [0.1, 0.15) is 27.2 Å². The molecule has 1 aromatic rings. The molecular formula is C16H24N2O4S. The summed E-state index contributed by atoms with van der Waals surface area (Å²) >= 11 is 0. The quantitative estimate of drug-likeness (QED) is 0.912. The zero-order valence-corrected chi connectivity index (χ0v) is 14.6. The highest BCUT2D eigenvalue weighted by atomic mass is 32.2. The number of amides is 1. The second kappa shape index (κ2) is 6.88. The lowest BCUT2D eigenvalue weighted by Crippen LogP contribution is -2.36. The molecule has 0 saturated carbocycles. The normalized spacial score (nSPS) is 19.5. The van der Waals surface area contributed by atoms with Crippen LogP contribution in [0.4, 0.5) is 4.79 Å². The molecule has 0 aliphatic carbocycles. The third-order valence-electron chi connectivity index (χ3n) is 3.56. The highest BCUT2D eigenvalue weighted by Crippen LogP contribution is 2.23. The van der Waals surface area contributed by atoms with Crippen LogP contribution in [0.3, 0.4) is 0 Å². The summed E-state index contributed by atoms with van der Waals surface area (Å²) < 4.78 is 31.7. The van der Waals surface area contributed by atoms with E-state index in [2.05, 4.69) is 5.32 Å². The molecule has 23 heavy (non-hydrogen) atoms. The molecular weight excluding hydrogens is 316 g/mol. The maximum absolute atomic E-state index is 12.5. The van der Waals surface area contributed by atoms with Crippen molar-refractivity contribution in [2.24, 2.45) is 5.92 Å². The van der Waals surface area contributed by atoms with Crippen LogP contribution in [-0.4, -0.2) is 44.1 Å². The van der Waals surface area contributed by atoms with E-state index in [-0.39, 0.29) is 5.92 Å². The molecule has 1 fully saturated rings. The number of rotatable bonds is 4. The predicted molar refractivity (Wildman–Crippen MR) is 87.5 cm³/mol. The van der Waals surface area contributed by atoms with Gasteiger partial charge in [0.05, 0.1) is 4.90 Å². The summed E-state index contributed by atoms with van der Waals surface area (Å²) in [6, 6.07) is 8.41. The fraction of sp³-hybridized carbons (Fsp3) is 0.562. The summed E-state index contributed by atoms with van der Waals surface area (Å²) in [4.78, 5) is 12.0. The van der Waals surface area contributed by atoms with Gasteiger partial charge in [-0.1, -0.05) is 18.2 Å². The van der Waals surface area contributed by atoms with Crippen molar-refractivity contribution in [3.05, 3.63) is 30.3 Å². The molecule has 1 aliphatic heterocycles. The molecule has 0 unspecified atom stereocenters. The molecule has 1 aromatic carbocycles. The summed E-state index contributed by atoms with van der Waals surface area (Å²) in [5, 5.41) is 2.71. The number of carbonyl (C=O) groups is 1. The fourth-order valence-electron chi connectivity index (χ4n) is 2.47. The van der Waals surface area contributed by atoms with Gasteiger partial charge in [0.15, 0.2) is 0 Å². The number of hydrogen-bond donors (Lipinski definition) is 1. The van der Waals surface area contributed by atoms with Crippen molar-refractivity contribution in [2.45, 2.75) is 37.7 Å². The van der Waals surface area contributed by atoms with Crippen molar-refractivity contribution in [1.29, 1.82) is 0 Å². The molecule has 0 bridgehead atoms. The molecule has 1 aliphatic rings. The van der Waals surface area contributed by atoms with E-state index < -0.39 is 21.7 Å². The van der Waals surface area contributed by atoms with Crippen molar-refractivity contribution in [1.82, 2.24) is 9.62 Å². The van der Waals surface area contributed by atoms with E-state index in [1.54, 1.807) is 51.1 Å². The first-order valence-corrected chi connectivity index (χ1v) is 9.14. The summed E-state index contributed by atoms with van der Waals surface area (Å²) in [6.45, 7) is 6.70. The minimum Gasteiger partial charge on any atom is -0.444 e. The number of hydrogen-bond acceptors (Lipinski definition) is 4. The molecule has 6 nitrogen and oxygen atoms in total. The van der Waals surface area contributed by atoms with E-state index in [4.69, 9.17) is 4.74 Å². The maximum Gasteiger partial charge on any atom is 0.407 e. The van der Waals surface area contributed by atoms with Crippen LogP contribution in [0.15, 0.2) is 35.2 Å². The van der Waals surface area contributed by atoms with Crippen LogP contribution < -0.4 is 5.32 Å². The summed E-state index contributed by atoms with van der Waals surface area (Å²) in [5.74, 6) is 0.0982. The highest BCUT2D eigenvalue weighted by molar-refractivity contribution is 7.89. The number of alkyl carbamates (subject to hydrolysis) is 1. The van der Waals surface area contributed by atoms with Crippen LogP contribution in [0.2, 0.25) is 0 Å². The van der Waals surface area contributed by atoms with Crippen molar-refractivity contribution < 1.29 is 17.9 Å². The standard InChI is InChI=1S/C16H24N2O4S/c1-16(2,3)22-15(19)17-11-13-9-10-18(12-13)23(20,21)14-7-5-4-6-8-14/h4-8,13H,9-12H2,1-3H3,(H,17,19)/t13-/m0/s1. The molecule has 128 valence electrons. The van der Waals surface area contributed by atoms with Gasteiger partial charge in [0.2, 0.25) is 10.0 Å². The smallest absolute Gasteiger partial charge is 0.407 e. The molecule has 1 amide bonds. The van der Waals surface area contributed by atoms with E-state index in [1.165, 1.54) is 4.31 Å². The van der Waals surface area contributed by atoms with Crippen molar-refractivity contribution in [3.8, 4) is 0 Å². The van der Waals surface area contributed by atoms with Crippen LogP contribution >= 0.6 is 0 Å². The first-order chi connectivity index (χ1) is 10.7. The van der Waals surface area contributed by atoms with Gasteiger partial charge in [-0.2, -0.15) is 4.31 Å². The van der Waals surface area contributed by atoms with Crippen LogP contribution in [0, 0.1) is 5.92 Å². The largest absolute Gasteiger partial charge is 0.444 e. The Bertz CT molecular complexity index is 638. The summed E-state index contributed by atoms with van der Waals surface area (Å²) in [5.41, 5.74) is -0.539. The monoisotopic (exact) mass is 340 g/mol. The van der Waals surface area contributed by atoms with Gasteiger partial charge < -0.3 is 10.1 Å². The lowest BCUT2D eigenvalue weighted by atomic mass is 10.1. The SMILES string of the molecule is CC(C)(C)OC(=O)NC[C@@H]1CCN(S(=O)(=O)c2ccccc2)C1. The molecule has 0 radical (unpaired) electrons. The van der Waals surface area contributed by atoms with Gasteiger partial charge in [0.25, 0.3) is 0 Å². The minimum atomic E-state index is -3.45. The molecule has 0 aromatic heterocycles. The number of benzene rings is 1. The van der Waals surface area contributed by atoms with Crippen LogP contribution in [0.5, 0.6) is 0 Å². The van der Waals surface area contributed by atoms with Gasteiger partial charge in [0.1, 0.15) is 5.60 Å². The molecule has 0 spiro atoms. The average Bonchev–Trinajstić information content (AvgIpc) is 2.94. The van der Waals surface area contributed by atoms with Gasteiger partial charge in [0, 0.05) is 19.6 Å². The fourth-order valence-corrected chi connectivity index (χ4v) is 4.02. The van der Waals surface area contributed by atoms with E-state index in [9.17, 15) is 13.2 Å². The van der Waals surface area contributed by atoms with E-state index in [0.29, 0.717) is 24.5 Å². The lowest BCUT2D eigenvalue weighted by Gasteiger charge is -2.21. The Balaban J connectivity index is 1.88. The molecule has 1 saturated heterocycles. The molecule has 7 heteroatoms. The highest BCUT2D eigenvalue weighted by Gasteiger charge is 2.32. The molecule has 1 atom stereocenters. The van der Waals surface area contributed by atoms with E-state index in [1.807, 2.05) is 0 Å². The van der Waals surface area contributed by atoms with Crippen molar-refractivity contribution in [3.63, 3.8) is 0 Å². The third-order valence-corrected chi connectivity index (χ3v) is 5.44. The molecule has 2 rings (SSSR count). The number of carbonyl (C=O) groups excluding carboxylic acids is 1.